The van der Waals surface area contributed by atoms with Crippen molar-refractivity contribution in [2.45, 2.75) is 18.8 Å². The predicted molar refractivity (Wildman–Crippen MR) is 54.8 cm³/mol. The molecular weight excluding hydrogens is 196 g/mol. The summed E-state index contributed by atoms with van der Waals surface area (Å²) >= 11 is 0. The Kier molecular flexibility index (Phi) is 2.59. The molecule has 0 saturated carbocycles. The van der Waals surface area contributed by atoms with Crippen LogP contribution in [0.1, 0.15) is 34.8 Å². The summed E-state index contributed by atoms with van der Waals surface area (Å²) in [6.45, 7) is 1.79. The van der Waals surface area contributed by atoms with Crippen LogP contribution in [0.5, 0.6) is 0 Å². The number of piperidine rings is 1. The summed E-state index contributed by atoms with van der Waals surface area (Å²) in [5, 5.41) is 18.4. The van der Waals surface area contributed by atoms with Gasteiger partial charge in [0.2, 0.25) is 0 Å². The third kappa shape index (κ3) is 1.80. The number of aromatic carboxylic acids is 1. The van der Waals surface area contributed by atoms with Gasteiger partial charge in [-0.1, -0.05) is 0 Å². The van der Waals surface area contributed by atoms with Gasteiger partial charge in [0.05, 0.1) is 0 Å². The zero-order chi connectivity index (χ0) is 10.8. The molecule has 6 heteroatoms. The molecule has 2 heterocycles. The van der Waals surface area contributed by atoms with Gasteiger partial charge in [-0.25, -0.2) is 4.79 Å². The highest BCUT2D eigenvalue weighted by molar-refractivity contribution is 5.88. The van der Waals surface area contributed by atoms with Crippen molar-refractivity contribution in [1.82, 2.24) is 15.5 Å². The number of hydrogen-bond donors (Lipinski definition) is 4. The van der Waals surface area contributed by atoms with Crippen molar-refractivity contribution in [1.29, 1.82) is 0 Å². The number of rotatable bonds is 2. The highest BCUT2D eigenvalue weighted by atomic mass is 16.4. The quantitative estimate of drug-likeness (QED) is 0.556. The average molecular weight is 210 g/mol. The van der Waals surface area contributed by atoms with Gasteiger partial charge in [0.1, 0.15) is 11.5 Å². The lowest BCUT2D eigenvalue weighted by molar-refractivity contribution is 0.0688. The number of nitrogens with one attached hydrogen (secondary N) is 2. The summed E-state index contributed by atoms with van der Waals surface area (Å²) in [7, 11) is 0. The summed E-state index contributed by atoms with van der Waals surface area (Å²) in [6, 6.07) is 0. The van der Waals surface area contributed by atoms with E-state index >= 15 is 0 Å². The maximum atomic E-state index is 10.9. The fraction of sp³-hybridized carbons (Fsp3) is 0.556. The topological polar surface area (TPSA) is 104 Å². The molecule has 1 aromatic rings. The summed E-state index contributed by atoms with van der Waals surface area (Å²) < 4.78 is 0. The molecule has 1 fully saturated rings. The van der Waals surface area contributed by atoms with Gasteiger partial charge in [-0.3, -0.25) is 5.10 Å². The second-order valence-electron chi connectivity index (χ2n) is 3.73. The number of aromatic nitrogens is 2. The van der Waals surface area contributed by atoms with E-state index in [1.807, 2.05) is 0 Å². The van der Waals surface area contributed by atoms with Crippen LogP contribution in [0.4, 0.5) is 5.82 Å². The van der Waals surface area contributed by atoms with Gasteiger partial charge in [0.15, 0.2) is 0 Å². The highest BCUT2D eigenvalue weighted by Gasteiger charge is 2.25. The van der Waals surface area contributed by atoms with Crippen LogP contribution in [-0.2, 0) is 0 Å². The number of carboxylic acids is 1. The van der Waals surface area contributed by atoms with Crippen molar-refractivity contribution in [3.63, 3.8) is 0 Å². The lowest BCUT2D eigenvalue weighted by atomic mass is 9.90. The summed E-state index contributed by atoms with van der Waals surface area (Å²) in [5.74, 6) is -0.469. The Morgan fingerprint density at radius 3 is 2.73 bits per heavy atom. The van der Waals surface area contributed by atoms with Gasteiger partial charge in [-0.2, -0.15) is 5.10 Å². The number of hydrogen-bond acceptors (Lipinski definition) is 4. The molecule has 0 amide bonds. The van der Waals surface area contributed by atoms with Gasteiger partial charge in [0.25, 0.3) is 0 Å². The monoisotopic (exact) mass is 210 g/mol. The molecule has 0 aromatic carbocycles. The minimum absolute atomic E-state index is 0.138. The molecule has 1 aliphatic rings. The number of anilines is 1. The Balaban J connectivity index is 2.32. The highest BCUT2D eigenvalue weighted by Crippen LogP contribution is 2.31. The van der Waals surface area contributed by atoms with Crippen molar-refractivity contribution < 1.29 is 9.90 Å². The van der Waals surface area contributed by atoms with E-state index in [2.05, 4.69) is 15.5 Å². The molecule has 0 unspecified atom stereocenters. The molecule has 0 bridgehead atoms. The van der Waals surface area contributed by atoms with E-state index in [4.69, 9.17) is 10.8 Å². The van der Waals surface area contributed by atoms with E-state index < -0.39 is 5.97 Å². The van der Waals surface area contributed by atoms with Crippen molar-refractivity contribution in [3.05, 3.63) is 11.3 Å². The van der Waals surface area contributed by atoms with Gasteiger partial charge in [0, 0.05) is 5.56 Å². The normalized spacial score (nSPS) is 17.9. The molecule has 2 rings (SSSR count). The molecule has 0 atom stereocenters. The second-order valence-corrected chi connectivity index (χ2v) is 3.73. The first kappa shape index (κ1) is 9.97. The summed E-state index contributed by atoms with van der Waals surface area (Å²) in [6.07, 6.45) is 1.81. The van der Waals surface area contributed by atoms with E-state index in [0.29, 0.717) is 11.4 Å². The maximum absolute atomic E-state index is 10.9. The van der Waals surface area contributed by atoms with Gasteiger partial charge in [-0.05, 0) is 31.8 Å². The van der Waals surface area contributed by atoms with Crippen LogP contribution in [0, 0.1) is 0 Å². The van der Waals surface area contributed by atoms with Gasteiger partial charge in [-0.15, -0.1) is 0 Å². The Bertz CT molecular complexity index is 368. The zero-order valence-corrected chi connectivity index (χ0v) is 8.29. The smallest absolute Gasteiger partial charge is 0.354 e. The maximum Gasteiger partial charge on any atom is 0.354 e. The van der Waals surface area contributed by atoms with Crippen LogP contribution in [0.25, 0.3) is 0 Å². The molecule has 15 heavy (non-hydrogen) atoms. The van der Waals surface area contributed by atoms with Crippen LogP contribution in [0.15, 0.2) is 0 Å². The Morgan fingerprint density at radius 1 is 1.47 bits per heavy atom. The minimum atomic E-state index is -0.993. The third-order valence-corrected chi connectivity index (χ3v) is 2.79. The molecule has 1 aromatic heterocycles. The standard InChI is InChI=1S/C9H14N4O2/c10-8-6(5-1-3-11-4-2-5)7(9(14)15)12-13-8/h5,11H,1-4H2,(H,14,15)(H3,10,12,13). The first-order valence-corrected chi connectivity index (χ1v) is 4.98. The zero-order valence-electron chi connectivity index (χ0n) is 8.29. The molecule has 0 radical (unpaired) electrons. The molecule has 1 saturated heterocycles. The third-order valence-electron chi connectivity index (χ3n) is 2.79. The minimum Gasteiger partial charge on any atom is -0.477 e. The van der Waals surface area contributed by atoms with Crippen LogP contribution in [0.2, 0.25) is 0 Å². The molecule has 6 nitrogen and oxygen atoms in total. The number of carboxylic acid groups (broad SMARTS) is 1. The fourth-order valence-corrected chi connectivity index (χ4v) is 2.05. The lowest BCUT2D eigenvalue weighted by Gasteiger charge is -2.22. The van der Waals surface area contributed by atoms with Crippen molar-refractivity contribution >= 4 is 11.8 Å². The molecule has 5 N–H and O–H groups in total. The summed E-state index contributed by atoms with van der Waals surface area (Å²) in [5.41, 5.74) is 6.49. The molecular formula is C9H14N4O2. The summed E-state index contributed by atoms with van der Waals surface area (Å²) in [4.78, 5) is 10.9. The van der Waals surface area contributed by atoms with Crippen LogP contribution < -0.4 is 11.1 Å². The largest absolute Gasteiger partial charge is 0.477 e. The predicted octanol–water partition coefficient (Wildman–Crippen LogP) is 0.157. The number of nitrogen functional groups attached to an aromatic ring is 1. The van der Waals surface area contributed by atoms with Gasteiger partial charge < -0.3 is 16.2 Å². The fourth-order valence-electron chi connectivity index (χ4n) is 2.05. The number of aromatic amines is 1. The van der Waals surface area contributed by atoms with Crippen LogP contribution in [0.3, 0.4) is 0 Å². The molecule has 82 valence electrons. The second kappa shape index (κ2) is 3.90. The first-order valence-electron chi connectivity index (χ1n) is 4.98. The van der Waals surface area contributed by atoms with Crippen molar-refractivity contribution in [3.8, 4) is 0 Å². The SMILES string of the molecule is Nc1n[nH]c(C(=O)O)c1C1CCNCC1. The molecule has 0 aliphatic carbocycles. The number of H-pyrrole nitrogens is 1. The van der Waals surface area contributed by atoms with Crippen molar-refractivity contribution in [2.24, 2.45) is 0 Å². The average Bonchev–Trinajstić information content (AvgIpc) is 2.61. The van der Waals surface area contributed by atoms with E-state index in [9.17, 15) is 4.79 Å². The molecule has 1 aliphatic heterocycles. The van der Waals surface area contributed by atoms with Crippen LogP contribution in [-0.4, -0.2) is 34.4 Å². The Morgan fingerprint density at radius 2 is 2.13 bits per heavy atom. The Hall–Kier alpha value is -1.56. The van der Waals surface area contributed by atoms with E-state index in [1.165, 1.54) is 0 Å². The lowest BCUT2D eigenvalue weighted by Crippen LogP contribution is -2.27. The number of nitrogens with two attached hydrogens (primary N) is 1. The van der Waals surface area contributed by atoms with Crippen molar-refractivity contribution in [2.75, 3.05) is 18.8 Å². The van der Waals surface area contributed by atoms with Gasteiger partial charge >= 0.3 is 5.97 Å². The van der Waals surface area contributed by atoms with E-state index in [1.54, 1.807) is 0 Å². The number of nitrogens with zero attached hydrogens (tertiary/aromatic N) is 1. The Labute approximate surface area is 86.9 Å². The van der Waals surface area contributed by atoms with E-state index in [-0.39, 0.29) is 11.6 Å². The molecule has 0 spiro atoms. The van der Waals surface area contributed by atoms with E-state index in [0.717, 1.165) is 25.9 Å². The number of carbonyl (C=O) groups is 1. The first-order chi connectivity index (χ1) is 7.20. The van der Waals surface area contributed by atoms with Crippen LogP contribution >= 0.6 is 0 Å².